The summed E-state index contributed by atoms with van der Waals surface area (Å²) < 4.78 is 58.9. The molecule has 0 aliphatic heterocycles. The van der Waals surface area contributed by atoms with E-state index in [0.717, 1.165) is 0 Å². The minimum atomic E-state index is -6.00. The number of ether oxygens (including phenoxy) is 4. The molecular formula is C24H44BCuF4N4O4. The summed E-state index contributed by atoms with van der Waals surface area (Å²) in [6.45, 7) is 42.9. The number of halogens is 4. The van der Waals surface area contributed by atoms with E-state index in [9.17, 15) is 17.3 Å². The van der Waals surface area contributed by atoms with Gasteiger partial charge in [0.25, 0.3) is 6.54 Å². The molecule has 8 nitrogen and oxygen atoms in total. The van der Waals surface area contributed by atoms with Crippen LogP contribution in [-0.2, 0) is 36.0 Å². The van der Waals surface area contributed by atoms with Crippen molar-refractivity contribution >= 4 is 7.25 Å². The van der Waals surface area contributed by atoms with E-state index in [1.54, 1.807) is 28.4 Å². The van der Waals surface area contributed by atoms with Crippen LogP contribution in [0.3, 0.4) is 0 Å². The van der Waals surface area contributed by atoms with Gasteiger partial charge in [0.05, 0.1) is 0 Å². The van der Waals surface area contributed by atoms with Crippen LogP contribution in [-0.4, -0.2) is 84.3 Å². The van der Waals surface area contributed by atoms with Crippen molar-refractivity contribution in [1.29, 1.82) is 0 Å². The third-order valence-electron chi connectivity index (χ3n) is 4.05. The number of rotatable bonds is 8. The maximum Gasteiger partial charge on any atom is 0.673 e. The summed E-state index contributed by atoms with van der Waals surface area (Å²) in [7, 11) is 0.465. The molecule has 38 heavy (non-hydrogen) atoms. The van der Waals surface area contributed by atoms with Crippen LogP contribution in [0.4, 0.5) is 17.3 Å². The average molecular weight is 603 g/mol. The molecule has 0 aromatic heterocycles. The van der Waals surface area contributed by atoms with E-state index < -0.39 is 7.25 Å². The van der Waals surface area contributed by atoms with Crippen molar-refractivity contribution in [3.05, 3.63) is 45.7 Å². The fourth-order valence-electron chi connectivity index (χ4n) is 1.02. The molecule has 0 N–H and O–H groups in total. The second-order valence-corrected chi connectivity index (χ2v) is 9.62. The monoisotopic (exact) mass is 602 g/mol. The van der Waals surface area contributed by atoms with Crippen LogP contribution in [0.5, 0.6) is 0 Å². The summed E-state index contributed by atoms with van der Waals surface area (Å²) in [5.41, 5.74) is -1.05. The Labute approximate surface area is 238 Å². The molecule has 0 rings (SSSR count). The Kier molecular flexibility index (Phi) is 32.8. The zero-order valence-corrected chi connectivity index (χ0v) is 25.6. The summed E-state index contributed by atoms with van der Waals surface area (Å²) in [6, 6.07) is 0. The number of nitrogens with zero attached hydrogens (tertiary/aromatic N) is 4. The second-order valence-electron chi connectivity index (χ2n) is 9.62. The summed E-state index contributed by atoms with van der Waals surface area (Å²) in [6.07, 6.45) is 0. The van der Waals surface area contributed by atoms with Gasteiger partial charge in [-0.2, -0.15) is 0 Å². The normalized spacial score (nSPS) is 10.6. The Morgan fingerprint density at radius 1 is 0.553 bits per heavy atom. The van der Waals surface area contributed by atoms with Crippen LogP contribution < -0.4 is 0 Å². The van der Waals surface area contributed by atoms with Crippen LogP contribution >= 0.6 is 0 Å². The van der Waals surface area contributed by atoms with E-state index in [-0.39, 0.29) is 39.5 Å². The molecule has 0 aliphatic carbocycles. The van der Waals surface area contributed by atoms with Gasteiger partial charge in [0.2, 0.25) is 19.6 Å². The van der Waals surface area contributed by atoms with Crippen molar-refractivity contribution in [3.63, 3.8) is 0 Å². The minimum Gasteiger partial charge on any atom is -0.418 e. The molecule has 0 unspecified atom stereocenters. The molecule has 0 saturated heterocycles. The summed E-state index contributed by atoms with van der Waals surface area (Å²) >= 11 is 0. The Morgan fingerprint density at radius 3 is 0.763 bits per heavy atom. The van der Waals surface area contributed by atoms with Crippen molar-refractivity contribution in [1.82, 2.24) is 0 Å². The third-order valence-corrected chi connectivity index (χ3v) is 4.05. The SMILES string of the molecule is F[B-](F)(F)F.[C-]#[N+]CC(C)(C)OC.[C-]#[N+]CC(C)(C)OC.[C-]#[N+]CC(C)(C)OC.[C]#[N+]CC(C)(C)OC.[Cu]. The molecule has 0 saturated carbocycles. The maximum atomic E-state index is 9.75. The van der Waals surface area contributed by atoms with Crippen LogP contribution in [0.15, 0.2) is 0 Å². The Balaban J connectivity index is -0.0000000844. The number of methoxy groups -OCH3 is 4. The molecular weight excluding hydrogens is 559 g/mol. The molecule has 0 heterocycles. The van der Waals surface area contributed by atoms with Gasteiger partial charge in [-0.15, -0.1) is 0 Å². The van der Waals surface area contributed by atoms with E-state index in [4.69, 9.17) is 45.2 Å². The van der Waals surface area contributed by atoms with E-state index >= 15 is 0 Å². The molecule has 14 heteroatoms. The van der Waals surface area contributed by atoms with Gasteiger partial charge in [0, 0.05) is 45.5 Å². The van der Waals surface area contributed by atoms with Crippen molar-refractivity contribution in [2.24, 2.45) is 0 Å². The molecule has 0 aromatic rings. The van der Waals surface area contributed by atoms with Crippen LogP contribution in [0.2, 0.25) is 0 Å². The predicted octanol–water partition coefficient (Wildman–Crippen LogP) is 6.62. The van der Waals surface area contributed by atoms with E-state index in [0.29, 0.717) is 26.2 Å². The van der Waals surface area contributed by atoms with Gasteiger partial charge in [0.1, 0.15) is 22.4 Å². The first-order chi connectivity index (χ1) is 16.5. The van der Waals surface area contributed by atoms with Crippen LogP contribution in [0.25, 0.3) is 19.4 Å². The zero-order valence-electron chi connectivity index (χ0n) is 24.6. The molecule has 0 atom stereocenters. The third kappa shape index (κ3) is 54.8. The molecule has 0 aromatic carbocycles. The molecule has 0 aliphatic rings. The van der Waals surface area contributed by atoms with Crippen molar-refractivity contribution < 1.29 is 53.3 Å². The van der Waals surface area contributed by atoms with Crippen molar-refractivity contribution in [2.45, 2.75) is 77.8 Å². The summed E-state index contributed by atoms with van der Waals surface area (Å²) in [4.78, 5) is 12.8. The minimum absolute atomic E-state index is 0. The van der Waals surface area contributed by atoms with Gasteiger partial charge in [-0.1, -0.05) is 4.85 Å². The van der Waals surface area contributed by atoms with Gasteiger partial charge < -0.3 is 50.7 Å². The second kappa shape index (κ2) is 25.4. The first-order valence-electron chi connectivity index (χ1n) is 10.9. The summed E-state index contributed by atoms with van der Waals surface area (Å²) in [5.74, 6) is 0. The summed E-state index contributed by atoms with van der Waals surface area (Å²) in [5, 5.41) is 0. The molecule has 0 spiro atoms. The number of hydrogen-bond acceptors (Lipinski definition) is 4. The predicted molar refractivity (Wildman–Crippen MR) is 140 cm³/mol. The van der Waals surface area contributed by atoms with Crippen molar-refractivity contribution in [2.75, 3.05) is 54.6 Å². The Hall–Kier alpha value is -1.90. The molecule has 0 amide bonds. The van der Waals surface area contributed by atoms with E-state index in [1.165, 1.54) is 0 Å². The number of hydrogen-bond donors (Lipinski definition) is 0. The van der Waals surface area contributed by atoms with Gasteiger partial charge in [0.15, 0.2) is 0 Å². The molecule has 2 radical (unpaired) electrons. The fraction of sp³-hybridized carbons (Fsp3) is 0.833. The maximum absolute atomic E-state index is 9.75. The fourth-order valence-corrected chi connectivity index (χ4v) is 1.02. The van der Waals surface area contributed by atoms with Crippen LogP contribution in [0, 0.1) is 26.3 Å². The Bertz CT molecular complexity index is 622. The van der Waals surface area contributed by atoms with Crippen molar-refractivity contribution in [3.8, 4) is 0 Å². The zero-order chi connectivity index (χ0) is 31.0. The largest absolute Gasteiger partial charge is 0.673 e. The molecule has 0 fully saturated rings. The first-order valence-corrected chi connectivity index (χ1v) is 10.9. The molecule has 0 bridgehead atoms. The average Bonchev–Trinajstić information content (AvgIpc) is 2.74. The smallest absolute Gasteiger partial charge is 0.418 e. The topological polar surface area (TPSA) is 54.4 Å². The quantitative estimate of drug-likeness (QED) is 0.178. The standard InChI is InChI=1S/4C6H11NO.BF4.Cu/c4*1-6(2,8-4)5-7-3;2-1(3,4)5;/h4*5H2,1-2,4H3;;/q;;;+1;-1;. The van der Waals surface area contributed by atoms with Gasteiger partial charge in [-0.25, -0.2) is 19.7 Å². The van der Waals surface area contributed by atoms with Crippen LogP contribution in [0.1, 0.15) is 55.4 Å². The van der Waals surface area contributed by atoms with E-state index in [1.807, 2.05) is 55.4 Å². The van der Waals surface area contributed by atoms with E-state index in [2.05, 4.69) is 19.4 Å². The Morgan fingerprint density at radius 2 is 0.711 bits per heavy atom. The molecule has 226 valence electrons. The van der Waals surface area contributed by atoms with Gasteiger partial charge in [-0.05, 0) is 55.4 Å². The first kappa shape index (κ1) is 49.1. The van der Waals surface area contributed by atoms with Gasteiger partial charge >= 0.3 is 13.8 Å². The van der Waals surface area contributed by atoms with Gasteiger partial charge in [-0.3, -0.25) is 0 Å².